The number of nitro groups is 1. The Morgan fingerprint density at radius 1 is 1.04 bits per heavy atom. The normalized spacial score (nSPS) is 17.9. The van der Waals surface area contributed by atoms with Crippen molar-refractivity contribution in [2.45, 2.75) is 5.25 Å². The first-order valence-electron chi connectivity index (χ1n) is 8.06. The number of thioether (sulfide) groups is 1. The van der Waals surface area contributed by atoms with Gasteiger partial charge >= 0.3 is 0 Å². The molecule has 4 rings (SSSR count). The van der Waals surface area contributed by atoms with Crippen LogP contribution in [0.1, 0.15) is 11.0 Å². The quantitative estimate of drug-likeness (QED) is 0.533. The number of aliphatic imine (C=N–C) groups is 1. The molecule has 0 radical (unpaired) electrons. The van der Waals surface area contributed by atoms with Crippen molar-refractivity contribution >= 4 is 34.2 Å². The van der Waals surface area contributed by atoms with Gasteiger partial charge in [-0.1, -0.05) is 30.0 Å². The molecule has 0 aliphatic carbocycles. The monoisotopic (exact) mass is 379 g/mol. The second kappa shape index (κ2) is 7.08. The molecule has 2 heterocycles. The highest BCUT2D eigenvalue weighted by Gasteiger charge is 2.34. The Bertz CT molecular complexity index is 1030. The third kappa shape index (κ3) is 3.61. The van der Waals surface area contributed by atoms with Crippen LogP contribution in [0.25, 0.3) is 11.3 Å². The molecule has 7 nitrogen and oxygen atoms in total. The van der Waals surface area contributed by atoms with E-state index in [2.05, 4.69) is 10.3 Å². The van der Waals surface area contributed by atoms with Crippen molar-refractivity contribution in [3.8, 4) is 11.3 Å². The van der Waals surface area contributed by atoms with Gasteiger partial charge in [0.2, 0.25) is 5.91 Å². The van der Waals surface area contributed by atoms with E-state index in [0.717, 1.165) is 5.69 Å². The largest absolute Gasteiger partial charge is 0.459 e. The van der Waals surface area contributed by atoms with Crippen LogP contribution in [0.4, 0.5) is 11.4 Å². The Hall–Kier alpha value is -3.39. The highest BCUT2D eigenvalue weighted by Crippen LogP contribution is 2.38. The summed E-state index contributed by atoms with van der Waals surface area (Å²) in [5.74, 6) is 0.852. The molecule has 1 fully saturated rings. The molecule has 1 amide bonds. The van der Waals surface area contributed by atoms with Crippen LogP contribution < -0.4 is 5.32 Å². The number of nitrogens with zero attached hydrogens (tertiary/aromatic N) is 2. The summed E-state index contributed by atoms with van der Waals surface area (Å²) in [7, 11) is 0. The van der Waals surface area contributed by atoms with Crippen LogP contribution in [0.3, 0.4) is 0 Å². The molecule has 3 aromatic rings. The van der Waals surface area contributed by atoms with E-state index in [9.17, 15) is 14.9 Å². The lowest BCUT2D eigenvalue weighted by Crippen LogP contribution is -2.21. The molecule has 1 atom stereocenters. The topological polar surface area (TPSA) is 97.7 Å². The van der Waals surface area contributed by atoms with Crippen LogP contribution in [0.2, 0.25) is 0 Å². The lowest BCUT2D eigenvalue weighted by Gasteiger charge is -2.01. The average molecular weight is 379 g/mol. The molecule has 1 aromatic heterocycles. The number of carbonyl (C=O) groups is 1. The minimum absolute atomic E-state index is 0.0121. The third-order valence-electron chi connectivity index (χ3n) is 3.93. The molecule has 27 heavy (non-hydrogen) atoms. The average Bonchev–Trinajstić information content (AvgIpc) is 3.29. The molecule has 2 aromatic carbocycles. The summed E-state index contributed by atoms with van der Waals surface area (Å²) in [6.07, 6.45) is 0. The summed E-state index contributed by atoms with van der Waals surface area (Å²) >= 11 is 1.29. The molecule has 8 heteroatoms. The van der Waals surface area contributed by atoms with E-state index in [0.29, 0.717) is 22.3 Å². The Labute approximate surface area is 158 Å². The Kier molecular flexibility index (Phi) is 4.47. The van der Waals surface area contributed by atoms with Crippen LogP contribution >= 0.6 is 11.8 Å². The number of furan rings is 1. The minimum Gasteiger partial charge on any atom is -0.459 e. The lowest BCUT2D eigenvalue weighted by molar-refractivity contribution is -0.384. The molecular weight excluding hydrogens is 366 g/mol. The summed E-state index contributed by atoms with van der Waals surface area (Å²) in [5, 5.41) is 13.5. The highest BCUT2D eigenvalue weighted by atomic mass is 32.2. The zero-order chi connectivity index (χ0) is 18.8. The predicted octanol–water partition coefficient (Wildman–Crippen LogP) is 4.45. The first-order valence-corrected chi connectivity index (χ1v) is 8.94. The Morgan fingerprint density at radius 2 is 1.78 bits per heavy atom. The molecular formula is C19H13N3O4S. The second-order valence-corrected chi connectivity index (χ2v) is 6.84. The number of benzene rings is 2. The maximum Gasteiger partial charge on any atom is 0.269 e. The molecule has 1 N–H and O–H groups in total. The minimum atomic E-state index is -0.528. The van der Waals surface area contributed by atoms with Crippen molar-refractivity contribution in [3.63, 3.8) is 0 Å². The van der Waals surface area contributed by atoms with Crippen LogP contribution in [0.5, 0.6) is 0 Å². The highest BCUT2D eigenvalue weighted by molar-refractivity contribution is 8.15. The van der Waals surface area contributed by atoms with Gasteiger partial charge in [0, 0.05) is 17.7 Å². The van der Waals surface area contributed by atoms with E-state index < -0.39 is 10.2 Å². The predicted molar refractivity (Wildman–Crippen MR) is 103 cm³/mol. The Morgan fingerprint density at radius 3 is 2.48 bits per heavy atom. The fourth-order valence-corrected chi connectivity index (χ4v) is 3.57. The van der Waals surface area contributed by atoms with Gasteiger partial charge in [0.15, 0.2) is 5.17 Å². The lowest BCUT2D eigenvalue weighted by atomic mass is 10.1. The summed E-state index contributed by atoms with van der Waals surface area (Å²) in [6.45, 7) is 0. The van der Waals surface area contributed by atoms with E-state index in [1.54, 1.807) is 24.3 Å². The van der Waals surface area contributed by atoms with Crippen molar-refractivity contribution in [2.24, 2.45) is 4.99 Å². The molecule has 0 unspecified atom stereocenters. The number of para-hydroxylation sites is 1. The molecule has 1 saturated heterocycles. The number of non-ortho nitro benzene ring substituents is 1. The Balaban J connectivity index is 1.54. The summed E-state index contributed by atoms with van der Waals surface area (Å²) in [6, 6.07) is 18.9. The van der Waals surface area contributed by atoms with E-state index in [1.807, 2.05) is 30.3 Å². The molecule has 0 spiro atoms. The van der Waals surface area contributed by atoms with Gasteiger partial charge in [-0.15, -0.1) is 0 Å². The fourth-order valence-electron chi connectivity index (χ4n) is 2.62. The number of carbonyl (C=O) groups excluding carboxylic acids is 1. The summed E-state index contributed by atoms with van der Waals surface area (Å²) in [4.78, 5) is 27.0. The summed E-state index contributed by atoms with van der Waals surface area (Å²) < 4.78 is 5.82. The van der Waals surface area contributed by atoms with Crippen LogP contribution in [-0.4, -0.2) is 16.0 Å². The molecule has 0 saturated carbocycles. The molecule has 0 bridgehead atoms. The van der Waals surface area contributed by atoms with Crippen molar-refractivity contribution in [1.29, 1.82) is 0 Å². The first-order chi connectivity index (χ1) is 13.1. The number of amides is 1. The zero-order valence-corrected chi connectivity index (χ0v) is 14.7. The second-order valence-electron chi connectivity index (χ2n) is 5.75. The maximum absolute atomic E-state index is 12.3. The number of amidine groups is 1. The SMILES string of the molecule is O=C1NC(=Nc2ccccc2)S[C@@H]1c1ccc(-c2ccc([N+](=O)[O-])cc2)o1. The maximum atomic E-state index is 12.3. The van der Waals surface area contributed by atoms with Gasteiger partial charge in [0.1, 0.15) is 16.8 Å². The van der Waals surface area contributed by atoms with Gasteiger partial charge in [0.05, 0.1) is 10.6 Å². The van der Waals surface area contributed by atoms with Crippen LogP contribution in [-0.2, 0) is 4.79 Å². The van der Waals surface area contributed by atoms with Crippen molar-refractivity contribution in [1.82, 2.24) is 5.32 Å². The number of hydrogen-bond donors (Lipinski definition) is 1. The zero-order valence-electron chi connectivity index (χ0n) is 13.9. The van der Waals surface area contributed by atoms with Gasteiger partial charge in [-0.2, -0.15) is 0 Å². The standard InChI is InChI=1S/C19H13N3O4S/c23-18-17(27-19(21-18)20-13-4-2-1-3-5-13)16-11-10-15(26-16)12-6-8-14(9-7-12)22(24)25/h1-11,17H,(H,20,21,23)/t17-/m1/s1. The first kappa shape index (κ1) is 17.0. The van der Waals surface area contributed by atoms with E-state index in [4.69, 9.17) is 4.42 Å². The van der Waals surface area contributed by atoms with Gasteiger partial charge in [-0.05, 0) is 36.4 Å². The molecule has 1 aliphatic heterocycles. The fraction of sp³-hybridized carbons (Fsp3) is 0.0526. The number of nitrogens with one attached hydrogen (secondary N) is 1. The number of nitro benzene ring substituents is 1. The number of hydrogen-bond acceptors (Lipinski definition) is 6. The van der Waals surface area contributed by atoms with Crippen molar-refractivity contribution < 1.29 is 14.1 Å². The van der Waals surface area contributed by atoms with Crippen molar-refractivity contribution in [2.75, 3.05) is 0 Å². The number of rotatable bonds is 4. The third-order valence-corrected chi connectivity index (χ3v) is 5.03. The van der Waals surface area contributed by atoms with Gasteiger partial charge < -0.3 is 9.73 Å². The van der Waals surface area contributed by atoms with E-state index >= 15 is 0 Å². The van der Waals surface area contributed by atoms with Gasteiger partial charge in [-0.25, -0.2) is 4.99 Å². The summed E-state index contributed by atoms with van der Waals surface area (Å²) in [5.41, 5.74) is 1.47. The van der Waals surface area contributed by atoms with Crippen LogP contribution in [0, 0.1) is 10.1 Å². The molecule has 134 valence electrons. The van der Waals surface area contributed by atoms with E-state index in [1.165, 1.54) is 23.9 Å². The smallest absolute Gasteiger partial charge is 0.269 e. The van der Waals surface area contributed by atoms with Gasteiger partial charge in [-0.3, -0.25) is 14.9 Å². The van der Waals surface area contributed by atoms with Gasteiger partial charge in [0.25, 0.3) is 5.69 Å². The molecule has 1 aliphatic rings. The van der Waals surface area contributed by atoms with Crippen molar-refractivity contribution in [3.05, 3.63) is 82.6 Å². The van der Waals surface area contributed by atoms with Crippen LogP contribution in [0.15, 0.2) is 76.1 Å². The van der Waals surface area contributed by atoms with E-state index in [-0.39, 0.29) is 11.6 Å².